The number of rotatable bonds is 8. The van der Waals surface area contributed by atoms with Gasteiger partial charge in [0.1, 0.15) is 5.75 Å². The number of para-hydroxylation sites is 1. The molecule has 0 aliphatic rings. The second-order valence-electron chi connectivity index (χ2n) is 4.80. The summed E-state index contributed by atoms with van der Waals surface area (Å²) >= 11 is 0. The van der Waals surface area contributed by atoms with Crippen LogP contribution in [-0.2, 0) is 6.54 Å². The molecule has 0 bridgehead atoms. The molecule has 0 aliphatic carbocycles. The minimum Gasteiger partial charge on any atom is -0.494 e. The van der Waals surface area contributed by atoms with Crippen molar-refractivity contribution in [1.29, 1.82) is 0 Å². The molecule has 1 N–H and O–H groups in total. The van der Waals surface area contributed by atoms with Gasteiger partial charge in [-0.1, -0.05) is 18.2 Å². The van der Waals surface area contributed by atoms with E-state index in [1.165, 1.54) is 5.56 Å². The van der Waals surface area contributed by atoms with Crippen LogP contribution in [0.3, 0.4) is 0 Å². The first kappa shape index (κ1) is 14.6. The fraction of sp³-hybridized carbons (Fsp3) is 0.438. The van der Waals surface area contributed by atoms with E-state index in [1.807, 2.05) is 37.8 Å². The summed E-state index contributed by atoms with van der Waals surface area (Å²) < 4.78 is 7.77. The van der Waals surface area contributed by atoms with Crippen molar-refractivity contribution in [2.24, 2.45) is 0 Å². The molecule has 2 rings (SSSR count). The average Bonchev–Trinajstić information content (AvgIpc) is 2.97. The molecule has 2 aromatic rings. The minimum absolute atomic E-state index is 0.292. The van der Waals surface area contributed by atoms with Crippen LogP contribution in [0.25, 0.3) is 0 Å². The van der Waals surface area contributed by atoms with Crippen molar-refractivity contribution in [3.05, 3.63) is 48.5 Å². The minimum atomic E-state index is 0.292. The Morgan fingerprint density at radius 1 is 1.35 bits per heavy atom. The van der Waals surface area contributed by atoms with Crippen molar-refractivity contribution >= 4 is 0 Å². The van der Waals surface area contributed by atoms with Gasteiger partial charge in [0.05, 0.1) is 12.9 Å². The number of aromatic nitrogens is 2. The van der Waals surface area contributed by atoms with E-state index in [4.69, 9.17) is 4.74 Å². The van der Waals surface area contributed by atoms with Gasteiger partial charge in [-0.2, -0.15) is 0 Å². The third-order valence-corrected chi connectivity index (χ3v) is 3.29. The largest absolute Gasteiger partial charge is 0.494 e. The van der Waals surface area contributed by atoms with Crippen LogP contribution in [0.2, 0.25) is 0 Å². The standard InChI is InChI=1S/C16H23N3O/c1-3-20-16-8-5-4-7-15(16)14(2)18-9-6-11-19-12-10-17-13-19/h4-5,7-8,10,12-14,18H,3,6,9,11H2,1-2H3. The molecular weight excluding hydrogens is 250 g/mol. The van der Waals surface area contributed by atoms with E-state index in [1.54, 1.807) is 0 Å². The number of hydrogen-bond acceptors (Lipinski definition) is 3. The first-order valence-corrected chi connectivity index (χ1v) is 7.22. The van der Waals surface area contributed by atoms with E-state index >= 15 is 0 Å². The Balaban J connectivity index is 1.80. The molecule has 0 radical (unpaired) electrons. The smallest absolute Gasteiger partial charge is 0.124 e. The summed E-state index contributed by atoms with van der Waals surface area (Å²) in [6.07, 6.45) is 6.74. The number of nitrogens with zero attached hydrogens (tertiary/aromatic N) is 2. The molecule has 1 unspecified atom stereocenters. The van der Waals surface area contributed by atoms with E-state index in [2.05, 4.69) is 33.9 Å². The van der Waals surface area contributed by atoms with Crippen molar-refractivity contribution in [1.82, 2.24) is 14.9 Å². The molecular formula is C16H23N3O. The van der Waals surface area contributed by atoms with Gasteiger partial charge in [0.15, 0.2) is 0 Å². The molecule has 20 heavy (non-hydrogen) atoms. The molecule has 0 aliphatic heterocycles. The van der Waals surface area contributed by atoms with Crippen molar-refractivity contribution in [3.8, 4) is 5.75 Å². The summed E-state index contributed by atoms with van der Waals surface area (Å²) in [6, 6.07) is 8.52. The van der Waals surface area contributed by atoms with Gasteiger partial charge in [-0.3, -0.25) is 0 Å². The monoisotopic (exact) mass is 273 g/mol. The number of hydrogen-bond donors (Lipinski definition) is 1. The van der Waals surface area contributed by atoms with Gasteiger partial charge in [0.25, 0.3) is 0 Å². The summed E-state index contributed by atoms with van der Waals surface area (Å²) in [5.41, 5.74) is 1.22. The first-order chi connectivity index (χ1) is 9.81. The zero-order chi connectivity index (χ0) is 14.2. The van der Waals surface area contributed by atoms with E-state index in [0.29, 0.717) is 12.6 Å². The maximum atomic E-state index is 5.67. The zero-order valence-electron chi connectivity index (χ0n) is 12.2. The summed E-state index contributed by atoms with van der Waals surface area (Å²) in [6.45, 7) is 6.85. The highest BCUT2D eigenvalue weighted by molar-refractivity contribution is 5.35. The Kier molecular flexibility index (Phi) is 5.62. The molecule has 0 spiro atoms. The SMILES string of the molecule is CCOc1ccccc1C(C)NCCCn1ccnc1. The van der Waals surface area contributed by atoms with Gasteiger partial charge in [-0.25, -0.2) is 4.98 Å². The highest BCUT2D eigenvalue weighted by Crippen LogP contribution is 2.24. The number of ether oxygens (including phenoxy) is 1. The van der Waals surface area contributed by atoms with Crippen LogP contribution in [0.4, 0.5) is 0 Å². The van der Waals surface area contributed by atoms with Crippen LogP contribution in [0, 0.1) is 0 Å². The Morgan fingerprint density at radius 3 is 2.95 bits per heavy atom. The topological polar surface area (TPSA) is 39.1 Å². The Labute approximate surface area is 120 Å². The average molecular weight is 273 g/mol. The Morgan fingerprint density at radius 2 is 2.20 bits per heavy atom. The molecule has 0 saturated carbocycles. The van der Waals surface area contributed by atoms with E-state index in [0.717, 1.165) is 25.3 Å². The normalized spacial score (nSPS) is 12.3. The second-order valence-corrected chi connectivity index (χ2v) is 4.80. The molecule has 1 atom stereocenters. The highest BCUT2D eigenvalue weighted by Gasteiger charge is 2.09. The van der Waals surface area contributed by atoms with Gasteiger partial charge < -0.3 is 14.6 Å². The fourth-order valence-corrected chi connectivity index (χ4v) is 2.23. The van der Waals surface area contributed by atoms with Crippen molar-refractivity contribution in [3.63, 3.8) is 0 Å². The van der Waals surface area contributed by atoms with Gasteiger partial charge in [-0.05, 0) is 32.9 Å². The Bertz CT molecular complexity index is 496. The lowest BCUT2D eigenvalue weighted by Gasteiger charge is -2.18. The first-order valence-electron chi connectivity index (χ1n) is 7.22. The summed E-state index contributed by atoms with van der Waals surface area (Å²) in [7, 11) is 0. The molecule has 4 nitrogen and oxygen atoms in total. The van der Waals surface area contributed by atoms with Crippen molar-refractivity contribution in [2.75, 3.05) is 13.2 Å². The molecule has 4 heteroatoms. The molecule has 0 fully saturated rings. The quantitative estimate of drug-likeness (QED) is 0.751. The van der Waals surface area contributed by atoms with Crippen LogP contribution < -0.4 is 10.1 Å². The van der Waals surface area contributed by atoms with Crippen molar-refractivity contribution in [2.45, 2.75) is 32.9 Å². The zero-order valence-corrected chi connectivity index (χ0v) is 12.2. The second kappa shape index (κ2) is 7.70. The summed E-state index contributed by atoms with van der Waals surface area (Å²) in [5, 5.41) is 3.55. The third kappa shape index (κ3) is 4.10. The molecule has 0 saturated heterocycles. The maximum Gasteiger partial charge on any atom is 0.124 e. The molecule has 0 amide bonds. The molecule has 1 heterocycles. The van der Waals surface area contributed by atoms with Gasteiger partial charge in [-0.15, -0.1) is 0 Å². The van der Waals surface area contributed by atoms with E-state index in [9.17, 15) is 0 Å². The van der Waals surface area contributed by atoms with Crippen LogP contribution in [-0.4, -0.2) is 22.7 Å². The number of imidazole rings is 1. The van der Waals surface area contributed by atoms with Gasteiger partial charge in [0, 0.05) is 30.5 Å². The summed E-state index contributed by atoms with van der Waals surface area (Å²) in [4.78, 5) is 4.04. The van der Waals surface area contributed by atoms with E-state index in [-0.39, 0.29) is 0 Å². The van der Waals surface area contributed by atoms with Crippen LogP contribution in [0.15, 0.2) is 43.0 Å². The predicted molar refractivity (Wildman–Crippen MR) is 80.9 cm³/mol. The van der Waals surface area contributed by atoms with Gasteiger partial charge >= 0.3 is 0 Å². The molecule has 108 valence electrons. The lowest BCUT2D eigenvalue weighted by molar-refractivity contribution is 0.332. The van der Waals surface area contributed by atoms with Crippen LogP contribution in [0.5, 0.6) is 5.75 Å². The highest BCUT2D eigenvalue weighted by atomic mass is 16.5. The third-order valence-electron chi connectivity index (χ3n) is 3.29. The number of benzene rings is 1. The maximum absolute atomic E-state index is 5.67. The number of aryl methyl sites for hydroxylation is 1. The lowest BCUT2D eigenvalue weighted by Crippen LogP contribution is -2.21. The van der Waals surface area contributed by atoms with Gasteiger partial charge in [0.2, 0.25) is 0 Å². The van der Waals surface area contributed by atoms with E-state index < -0.39 is 0 Å². The predicted octanol–water partition coefficient (Wildman–Crippen LogP) is 3.02. The Hall–Kier alpha value is -1.81. The van der Waals surface area contributed by atoms with Crippen LogP contribution in [0.1, 0.15) is 31.9 Å². The summed E-state index contributed by atoms with van der Waals surface area (Å²) in [5.74, 6) is 0.976. The lowest BCUT2D eigenvalue weighted by atomic mass is 10.1. The molecule has 1 aromatic heterocycles. The van der Waals surface area contributed by atoms with Crippen molar-refractivity contribution < 1.29 is 4.74 Å². The molecule has 1 aromatic carbocycles. The fourth-order valence-electron chi connectivity index (χ4n) is 2.23. The van der Waals surface area contributed by atoms with Crippen LogP contribution >= 0.6 is 0 Å². The number of nitrogens with one attached hydrogen (secondary N) is 1.